The van der Waals surface area contributed by atoms with Crippen LogP contribution in [0.3, 0.4) is 0 Å². The fraction of sp³-hybridized carbons (Fsp3) is 0.316. The van der Waals surface area contributed by atoms with Crippen LogP contribution in [0.4, 0.5) is 9.18 Å². The third-order valence-corrected chi connectivity index (χ3v) is 5.00. The van der Waals surface area contributed by atoms with Gasteiger partial charge in [0.1, 0.15) is 11.6 Å². The summed E-state index contributed by atoms with van der Waals surface area (Å²) in [6.45, 7) is 1.16. The Kier molecular flexibility index (Phi) is 6.28. The molecule has 2 N–H and O–H groups in total. The Morgan fingerprint density at radius 2 is 2.07 bits per heavy atom. The molecule has 2 amide bonds. The molecule has 0 radical (unpaired) electrons. The Morgan fingerprint density at radius 3 is 2.74 bits per heavy atom. The van der Waals surface area contributed by atoms with Crippen molar-refractivity contribution in [1.82, 2.24) is 9.88 Å². The number of rotatable bonds is 7. The zero-order valence-corrected chi connectivity index (χ0v) is 15.5. The van der Waals surface area contributed by atoms with Gasteiger partial charge in [-0.05, 0) is 42.2 Å². The molecule has 142 valence electrons. The highest BCUT2D eigenvalue weighted by atomic mass is 32.2. The molecule has 27 heavy (non-hydrogen) atoms. The molecule has 3 rings (SSSR count). The number of benzene rings is 1. The van der Waals surface area contributed by atoms with Crippen molar-refractivity contribution in [2.75, 3.05) is 12.3 Å². The second kappa shape index (κ2) is 8.85. The van der Waals surface area contributed by atoms with E-state index in [1.165, 1.54) is 24.3 Å². The van der Waals surface area contributed by atoms with Crippen LogP contribution in [0.5, 0.6) is 11.6 Å². The molecule has 1 fully saturated rings. The Bertz CT molecular complexity index is 799. The maximum atomic E-state index is 12.9. The van der Waals surface area contributed by atoms with Gasteiger partial charge in [-0.25, -0.2) is 9.37 Å². The molecule has 0 unspecified atom stereocenters. The number of likely N-dealkylation sites (tertiary alicyclic amines) is 1. The van der Waals surface area contributed by atoms with Gasteiger partial charge >= 0.3 is 0 Å². The van der Waals surface area contributed by atoms with E-state index < -0.39 is 0 Å². The van der Waals surface area contributed by atoms with E-state index in [1.54, 1.807) is 17.2 Å². The lowest BCUT2D eigenvalue weighted by atomic mass is 10.1. The van der Waals surface area contributed by atoms with Gasteiger partial charge in [-0.1, -0.05) is 17.8 Å². The van der Waals surface area contributed by atoms with Crippen molar-refractivity contribution >= 4 is 22.9 Å². The summed E-state index contributed by atoms with van der Waals surface area (Å²) in [5, 5.41) is -0.384. The number of primary amides is 1. The van der Waals surface area contributed by atoms with Crippen LogP contribution in [0.2, 0.25) is 0 Å². The van der Waals surface area contributed by atoms with Gasteiger partial charge < -0.3 is 15.4 Å². The minimum atomic E-state index is -0.384. The molecule has 1 aromatic heterocycles. The normalized spacial score (nSPS) is 16.6. The molecule has 0 aliphatic carbocycles. The summed E-state index contributed by atoms with van der Waals surface area (Å²) >= 11 is 1.09. The molecule has 6 nitrogen and oxygen atoms in total. The van der Waals surface area contributed by atoms with Crippen molar-refractivity contribution in [3.8, 4) is 11.6 Å². The summed E-state index contributed by atoms with van der Waals surface area (Å²) in [7, 11) is 0. The molecule has 8 heteroatoms. The standard InChI is InChI=1S/C19H20FN3O3S/c20-15-2-4-16(5-3-15)26-17-6-1-14(10-22-17)12-23-11-13(9-18(23)24)7-8-27-19(21)25/h1-6,10,13H,7-9,11-12H2,(H2,21,25)/t13-/m0/s1. The van der Waals surface area contributed by atoms with Gasteiger partial charge in [-0.3, -0.25) is 9.59 Å². The van der Waals surface area contributed by atoms with E-state index in [0.717, 1.165) is 23.7 Å². The molecule has 0 bridgehead atoms. The molecule has 1 atom stereocenters. The van der Waals surface area contributed by atoms with Gasteiger partial charge in [-0.15, -0.1) is 0 Å². The number of carbonyl (C=O) groups excluding carboxylic acids is 2. The molecule has 1 saturated heterocycles. The summed E-state index contributed by atoms with van der Waals surface area (Å²) in [4.78, 5) is 29.0. The quantitative estimate of drug-likeness (QED) is 0.782. The van der Waals surface area contributed by atoms with E-state index in [9.17, 15) is 14.0 Å². The first-order valence-corrected chi connectivity index (χ1v) is 9.56. The van der Waals surface area contributed by atoms with Gasteiger partial charge in [0.15, 0.2) is 0 Å². The molecule has 0 spiro atoms. The van der Waals surface area contributed by atoms with Crippen LogP contribution < -0.4 is 10.5 Å². The van der Waals surface area contributed by atoms with Gasteiger partial charge in [0.2, 0.25) is 11.8 Å². The number of ether oxygens (including phenoxy) is 1. The maximum absolute atomic E-state index is 12.9. The molecule has 1 aliphatic heterocycles. The van der Waals surface area contributed by atoms with Crippen LogP contribution in [0.15, 0.2) is 42.6 Å². The third-order valence-electron chi connectivity index (χ3n) is 4.27. The van der Waals surface area contributed by atoms with E-state index in [0.29, 0.717) is 36.9 Å². The molecular weight excluding hydrogens is 369 g/mol. The van der Waals surface area contributed by atoms with Crippen LogP contribution in [-0.2, 0) is 11.3 Å². The van der Waals surface area contributed by atoms with Crippen LogP contribution in [0.25, 0.3) is 0 Å². The van der Waals surface area contributed by atoms with Crippen LogP contribution in [0, 0.1) is 11.7 Å². The van der Waals surface area contributed by atoms with Crippen molar-refractivity contribution in [1.29, 1.82) is 0 Å². The second-order valence-corrected chi connectivity index (χ2v) is 7.46. The lowest BCUT2D eigenvalue weighted by Crippen LogP contribution is -2.24. The number of nitrogens with zero attached hydrogens (tertiary/aromatic N) is 2. The first-order valence-electron chi connectivity index (χ1n) is 8.58. The summed E-state index contributed by atoms with van der Waals surface area (Å²) in [5.41, 5.74) is 6.02. The lowest BCUT2D eigenvalue weighted by molar-refractivity contribution is -0.128. The van der Waals surface area contributed by atoms with E-state index in [1.807, 2.05) is 6.07 Å². The zero-order valence-electron chi connectivity index (χ0n) is 14.6. The fourth-order valence-electron chi connectivity index (χ4n) is 2.93. The number of aromatic nitrogens is 1. The minimum Gasteiger partial charge on any atom is -0.439 e. The Labute approximate surface area is 160 Å². The van der Waals surface area contributed by atoms with Crippen LogP contribution in [-0.4, -0.2) is 33.3 Å². The number of nitrogens with two attached hydrogens (primary N) is 1. The summed E-state index contributed by atoms with van der Waals surface area (Å²) < 4.78 is 18.5. The number of halogens is 1. The predicted octanol–water partition coefficient (Wildman–Crippen LogP) is 3.56. The van der Waals surface area contributed by atoms with E-state index in [2.05, 4.69) is 4.98 Å². The van der Waals surface area contributed by atoms with Crippen molar-refractivity contribution < 1.29 is 18.7 Å². The van der Waals surface area contributed by atoms with E-state index in [4.69, 9.17) is 10.5 Å². The molecule has 2 heterocycles. The third kappa shape index (κ3) is 5.68. The van der Waals surface area contributed by atoms with Crippen LogP contribution in [0.1, 0.15) is 18.4 Å². The first-order chi connectivity index (χ1) is 13.0. The molecule has 1 aliphatic rings. The van der Waals surface area contributed by atoms with E-state index >= 15 is 0 Å². The maximum Gasteiger partial charge on any atom is 0.276 e. The molecule has 2 aromatic rings. The van der Waals surface area contributed by atoms with Crippen LogP contribution >= 0.6 is 11.8 Å². The molecular formula is C19H20FN3O3S. The number of thioether (sulfide) groups is 1. The Hall–Kier alpha value is -2.61. The number of amides is 2. The van der Waals surface area contributed by atoms with Gasteiger partial charge in [-0.2, -0.15) is 0 Å². The molecule has 0 saturated carbocycles. The fourth-order valence-corrected chi connectivity index (χ4v) is 3.59. The zero-order chi connectivity index (χ0) is 19.2. The van der Waals surface area contributed by atoms with Gasteiger partial charge in [0.05, 0.1) is 0 Å². The van der Waals surface area contributed by atoms with Gasteiger partial charge in [0, 0.05) is 37.5 Å². The second-order valence-electron chi connectivity index (χ2n) is 6.36. The van der Waals surface area contributed by atoms with Gasteiger partial charge in [0.25, 0.3) is 5.24 Å². The number of hydrogen-bond donors (Lipinski definition) is 1. The average Bonchev–Trinajstić information content (AvgIpc) is 2.98. The largest absolute Gasteiger partial charge is 0.439 e. The average molecular weight is 389 g/mol. The van der Waals surface area contributed by atoms with Crippen molar-refractivity contribution in [3.63, 3.8) is 0 Å². The summed E-state index contributed by atoms with van der Waals surface area (Å²) in [6.07, 6.45) is 2.96. The predicted molar refractivity (Wildman–Crippen MR) is 101 cm³/mol. The number of carbonyl (C=O) groups is 2. The smallest absolute Gasteiger partial charge is 0.276 e. The van der Waals surface area contributed by atoms with Crippen molar-refractivity contribution in [3.05, 3.63) is 54.0 Å². The minimum absolute atomic E-state index is 0.107. The number of pyridine rings is 1. The Balaban J connectivity index is 1.51. The van der Waals surface area contributed by atoms with Crippen molar-refractivity contribution in [2.24, 2.45) is 11.7 Å². The lowest BCUT2D eigenvalue weighted by Gasteiger charge is -2.16. The SMILES string of the molecule is NC(=O)SCC[C@H]1CC(=O)N(Cc2ccc(Oc3ccc(F)cc3)nc2)C1. The number of hydrogen-bond acceptors (Lipinski definition) is 5. The monoisotopic (exact) mass is 389 g/mol. The highest BCUT2D eigenvalue weighted by Gasteiger charge is 2.29. The van der Waals surface area contributed by atoms with E-state index in [-0.39, 0.29) is 22.9 Å². The Morgan fingerprint density at radius 1 is 1.30 bits per heavy atom. The highest BCUT2D eigenvalue weighted by Crippen LogP contribution is 2.25. The summed E-state index contributed by atoms with van der Waals surface area (Å²) in [5.74, 6) is 1.57. The van der Waals surface area contributed by atoms with Crippen molar-refractivity contribution in [2.45, 2.75) is 19.4 Å². The topological polar surface area (TPSA) is 85.5 Å². The highest BCUT2D eigenvalue weighted by molar-refractivity contribution is 8.13. The first kappa shape index (κ1) is 19.2. The molecule has 1 aromatic carbocycles. The summed E-state index contributed by atoms with van der Waals surface area (Å²) in [6, 6.07) is 9.28.